The standard InChI is InChI=1S/C11H15N3O/c1-15-9-3-4-10-11(7-9)14(8-13-10)6-2-5-12/h3-4,7-8H,2,5-6,12H2,1H3. The van der Waals surface area contributed by atoms with Crippen molar-refractivity contribution in [3.05, 3.63) is 24.5 Å². The van der Waals surface area contributed by atoms with Crippen LogP contribution in [0.5, 0.6) is 5.75 Å². The van der Waals surface area contributed by atoms with Gasteiger partial charge in [-0.15, -0.1) is 0 Å². The molecule has 2 aromatic rings. The van der Waals surface area contributed by atoms with Gasteiger partial charge in [-0.2, -0.15) is 0 Å². The molecule has 0 radical (unpaired) electrons. The fraction of sp³-hybridized carbons (Fsp3) is 0.364. The van der Waals surface area contributed by atoms with E-state index in [1.165, 1.54) is 0 Å². The lowest BCUT2D eigenvalue weighted by molar-refractivity contribution is 0.415. The molecule has 2 N–H and O–H groups in total. The van der Waals surface area contributed by atoms with Crippen molar-refractivity contribution in [3.63, 3.8) is 0 Å². The third-order valence-corrected chi connectivity index (χ3v) is 2.43. The van der Waals surface area contributed by atoms with Crippen LogP contribution in [0.2, 0.25) is 0 Å². The molecule has 80 valence electrons. The number of nitrogens with two attached hydrogens (primary N) is 1. The predicted molar refractivity (Wildman–Crippen MR) is 60.0 cm³/mol. The van der Waals surface area contributed by atoms with Gasteiger partial charge in [-0.1, -0.05) is 0 Å². The zero-order chi connectivity index (χ0) is 10.7. The second-order valence-electron chi connectivity index (χ2n) is 3.43. The van der Waals surface area contributed by atoms with E-state index in [0.717, 1.165) is 29.7 Å². The number of rotatable bonds is 4. The fourth-order valence-corrected chi connectivity index (χ4v) is 1.60. The van der Waals surface area contributed by atoms with Gasteiger partial charge in [0.2, 0.25) is 0 Å². The number of ether oxygens (including phenoxy) is 1. The van der Waals surface area contributed by atoms with Gasteiger partial charge in [-0.3, -0.25) is 0 Å². The molecule has 15 heavy (non-hydrogen) atoms. The van der Waals surface area contributed by atoms with Crippen molar-refractivity contribution in [2.24, 2.45) is 5.73 Å². The van der Waals surface area contributed by atoms with Crippen molar-refractivity contribution in [1.29, 1.82) is 0 Å². The van der Waals surface area contributed by atoms with Crippen molar-refractivity contribution >= 4 is 11.0 Å². The van der Waals surface area contributed by atoms with Gasteiger partial charge in [0.05, 0.1) is 24.5 Å². The smallest absolute Gasteiger partial charge is 0.121 e. The van der Waals surface area contributed by atoms with Crippen LogP contribution in [0.3, 0.4) is 0 Å². The van der Waals surface area contributed by atoms with Gasteiger partial charge in [0.1, 0.15) is 5.75 Å². The van der Waals surface area contributed by atoms with Crippen molar-refractivity contribution < 1.29 is 4.74 Å². The zero-order valence-electron chi connectivity index (χ0n) is 8.81. The first-order chi connectivity index (χ1) is 7.35. The first kappa shape index (κ1) is 9.98. The highest BCUT2D eigenvalue weighted by Gasteiger charge is 2.03. The molecule has 0 bridgehead atoms. The number of aryl methyl sites for hydroxylation is 1. The SMILES string of the molecule is COc1ccc2ncn(CCCN)c2c1. The molecular formula is C11H15N3O. The number of hydrogen-bond acceptors (Lipinski definition) is 3. The van der Waals surface area contributed by atoms with Crippen LogP contribution >= 0.6 is 0 Å². The van der Waals surface area contributed by atoms with Crippen molar-refractivity contribution in [1.82, 2.24) is 9.55 Å². The Morgan fingerprint density at radius 1 is 1.47 bits per heavy atom. The lowest BCUT2D eigenvalue weighted by Crippen LogP contribution is -2.04. The maximum Gasteiger partial charge on any atom is 0.121 e. The fourth-order valence-electron chi connectivity index (χ4n) is 1.60. The molecule has 0 fully saturated rings. The summed E-state index contributed by atoms with van der Waals surface area (Å²) in [6.07, 6.45) is 2.81. The van der Waals surface area contributed by atoms with E-state index in [4.69, 9.17) is 10.5 Å². The highest BCUT2D eigenvalue weighted by molar-refractivity contribution is 5.76. The Balaban J connectivity index is 2.38. The average Bonchev–Trinajstić information content (AvgIpc) is 2.68. The van der Waals surface area contributed by atoms with E-state index in [1.807, 2.05) is 24.5 Å². The molecule has 4 nitrogen and oxygen atoms in total. The molecule has 0 atom stereocenters. The number of benzene rings is 1. The number of methoxy groups -OCH3 is 1. The molecule has 0 unspecified atom stereocenters. The van der Waals surface area contributed by atoms with Gasteiger partial charge in [-0.05, 0) is 25.1 Å². The summed E-state index contributed by atoms with van der Waals surface area (Å²) in [4.78, 5) is 4.31. The highest BCUT2D eigenvalue weighted by Crippen LogP contribution is 2.19. The number of nitrogens with zero attached hydrogens (tertiary/aromatic N) is 2. The van der Waals surface area contributed by atoms with Gasteiger partial charge in [0.25, 0.3) is 0 Å². The first-order valence-corrected chi connectivity index (χ1v) is 5.04. The molecular weight excluding hydrogens is 190 g/mol. The van der Waals surface area contributed by atoms with E-state index in [2.05, 4.69) is 9.55 Å². The molecule has 2 rings (SSSR count). The number of hydrogen-bond donors (Lipinski definition) is 1. The van der Waals surface area contributed by atoms with Crippen LogP contribution in [-0.2, 0) is 6.54 Å². The number of fused-ring (bicyclic) bond motifs is 1. The largest absolute Gasteiger partial charge is 0.497 e. The van der Waals surface area contributed by atoms with Crippen LogP contribution in [0.1, 0.15) is 6.42 Å². The average molecular weight is 205 g/mol. The summed E-state index contributed by atoms with van der Waals surface area (Å²) in [5, 5.41) is 0. The molecule has 0 aliphatic heterocycles. The van der Waals surface area contributed by atoms with Gasteiger partial charge < -0.3 is 15.0 Å². The van der Waals surface area contributed by atoms with Crippen LogP contribution < -0.4 is 10.5 Å². The molecule has 1 aromatic heterocycles. The summed E-state index contributed by atoms with van der Waals surface area (Å²) < 4.78 is 7.29. The third-order valence-electron chi connectivity index (χ3n) is 2.43. The van der Waals surface area contributed by atoms with Crippen LogP contribution in [0.15, 0.2) is 24.5 Å². The van der Waals surface area contributed by atoms with E-state index in [9.17, 15) is 0 Å². The minimum absolute atomic E-state index is 0.698. The maximum absolute atomic E-state index is 5.49. The lowest BCUT2D eigenvalue weighted by atomic mass is 10.3. The van der Waals surface area contributed by atoms with E-state index >= 15 is 0 Å². The Hall–Kier alpha value is -1.55. The summed E-state index contributed by atoms with van der Waals surface area (Å²) in [7, 11) is 1.67. The Morgan fingerprint density at radius 3 is 3.07 bits per heavy atom. The summed E-state index contributed by atoms with van der Waals surface area (Å²) in [6.45, 7) is 1.60. The predicted octanol–water partition coefficient (Wildman–Crippen LogP) is 1.39. The monoisotopic (exact) mass is 205 g/mol. The van der Waals surface area contributed by atoms with Gasteiger partial charge >= 0.3 is 0 Å². The van der Waals surface area contributed by atoms with Gasteiger partial charge in [0, 0.05) is 12.6 Å². The van der Waals surface area contributed by atoms with Crippen LogP contribution in [-0.4, -0.2) is 23.2 Å². The molecule has 4 heteroatoms. The second-order valence-corrected chi connectivity index (χ2v) is 3.43. The van der Waals surface area contributed by atoms with Crippen molar-refractivity contribution in [3.8, 4) is 5.75 Å². The summed E-state index contributed by atoms with van der Waals surface area (Å²) in [6, 6.07) is 5.88. The quantitative estimate of drug-likeness (QED) is 0.820. The first-order valence-electron chi connectivity index (χ1n) is 5.04. The Morgan fingerprint density at radius 2 is 2.33 bits per heavy atom. The van der Waals surface area contributed by atoms with Gasteiger partial charge in [0.15, 0.2) is 0 Å². The van der Waals surface area contributed by atoms with Gasteiger partial charge in [-0.25, -0.2) is 4.98 Å². The lowest BCUT2D eigenvalue weighted by Gasteiger charge is -2.04. The van der Waals surface area contributed by atoms with E-state index < -0.39 is 0 Å². The number of imidazole rings is 1. The molecule has 1 heterocycles. The summed E-state index contributed by atoms with van der Waals surface area (Å²) >= 11 is 0. The Labute approximate surface area is 88.7 Å². The number of aromatic nitrogens is 2. The molecule has 0 aliphatic carbocycles. The van der Waals surface area contributed by atoms with Crippen LogP contribution in [0.4, 0.5) is 0 Å². The van der Waals surface area contributed by atoms with Crippen molar-refractivity contribution in [2.45, 2.75) is 13.0 Å². The minimum Gasteiger partial charge on any atom is -0.497 e. The van der Waals surface area contributed by atoms with E-state index in [1.54, 1.807) is 7.11 Å². The summed E-state index contributed by atoms with van der Waals surface area (Å²) in [5.41, 5.74) is 7.58. The molecule has 0 saturated carbocycles. The van der Waals surface area contributed by atoms with Crippen LogP contribution in [0, 0.1) is 0 Å². The Bertz CT molecular complexity index is 450. The molecule has 0 spiro atoms. The molecule has 0 aliphatic rings. The van der Waals surface area contributed by atoms with E-state index in [0.29, 0.717) is 6.54 Å². The molecule has 1 aromatic carbocycles. The summed E-state index contributed by atoms with van der Waals surface area (Å²) in [5.74, 6) is 0.858. The molecule has 0 saturated heterocycles. The van der Waals surface area contributed by atoms with Crippen LogP contribution in [0.25, 0.3) is 11.0 Å². The zero-order valence-corrected chi connectivity index (χ0v) is 8.81. The second kappa shape index (κ2) is 4.31. The van der Waals surface area contributed by atoms with Crippen molar-refractivity contribution in [2.75, 3.05) is 13.7 Å². The third kappa shape index (κ3) is 1.94. The minimum atomic E-state index is 0.698. The molecule has 0 amide bonds. The van der Waals surface area contributed by atoms with E-state index in [-0.39, 0.29) is 0 Å². The maximum atomic E-state index is 5.49. The Kier molecular flexibility index (Phi) is 2.87. The highest BCUT2D eigenvalue weighted by atomic mass is 16.5. The topological polar surface area (TPSA) is 53.1 Å². The normalized spacial score (nSPS) is 10.8.